The molecule has 0 bridgehead atoms. The number of nitrogens with one attached hydrogen (secondary N) is 1. The molecule has 0 radical (unpaired) electrons. The minimum Gasteiger partial charge on any atom is -0.375 e. The minimum atomic E-state index is 0.161. The highest BCUT2D eigenvalue weighted by atomic mass is 35.5. The van der Waals surface area contributed by atoms with Gasteiger partial charge in [-0.2, -0.15) is 5.10 Å². The Balaban J connectivity index is 2.72. The molecule has 0 aliphatic heterocycles. The van der Waals surface area contributed by atoms with E-state index in [0.29, 0.717) is 10.0 Å². The van der Waals surface area contributed by atoms with Gasteiger partial charge < -0.3 is 5.73 Å². The summed E-state index contributed by atoms with van der Waals surface area (Å²) >= 11 is 16.7. The second-order valence-corrected chi connectivity index (χ2v) is 6.15. The second kappa shape index (κ2) is 10.6. The van der Waals surface area contributed by atoms with Gasteiger partial charge in [0, 0.05) is 0 Å². The first-order valence-corrected chi connectivity index (χ1v) is 8.44. The van der Waals surface area contributed by atoms with Gasteiger partial charge in [0.15, 0.2) is 5.11 Å². The van der Waals surface area contributed by atoms with Crippen LogP contribution in [0.1, 0.15) is 44.6 Å². The van der Waals surface area contributed by atoms with E-state index in [0.717, 1.165) is 24.1 Å². The van der Waals surface area contributed by atoms with Gasteiger partial charge in [-0.05, 0) is 48.8 Å². The molecule has 0 aliphatic rings. The van der Waals surface area contributed by atoms with Crippen molar-refractivity contribution in [3.05, 3.63) is 39.9 Å². The molecule has 1 rings (SSSR count). The molecule has 3 N–H and O–H groups in total. The molecule has 6 heteroatoms. The zero-order valence-electron chi connectivity index (χ0n) is 12.6. The zero-order chi connectivity index (χ0) is 16.4. The monoisotopic (exact) mass is 357 g/mol. The SMILES string of the molecule is CCCCCCC(/C=C\c1ccc(Cl)c(Cl)c1)=N\NC(N)=S. The summed E-state index contributed by atoms with van der Waals surface area (Å²) in [5.41, 5.74) is 9.92. The average molecular weight is 358 g/mol. The number of nitrogens with two attached hydrogens (primary N) is 1. The molecule has 0 spiro atoms. The normalized spacial score (nSPS) is 11.9. The van der Waals surface area contributed by atoms with Crippen LogP contribution in [0.2, 0.25) is 10.0 Å². The highest BCUT2D eigenvalue weighted by molar-refractivity contribution is 7.80. The van der Waals surface area contributed by atoms with Crippen LogP contribution < -0.4 is 11.2 Å². The molecule has 0 saturated carbocycles. The quantitative estimate of drug-likeness (QED) is 0.292. The summed E-state index contributed by atoms with van der Waals surface area (Å²) in [6.07, 6.45) is 9.45. The van der Waals surface area contributed by atoms with Crippen molar-refractivity contribution in [3.8, 4) is 0 Å². The fourth-order valence-corrected chi connectivity index (χ4v) is 2.20. The van der Waals surface area contributed by atoms with E-state index >= 15 is 0 Å². The number of hydrogen-bond donors (Lipinski definition) is 2. The number of unbranched alkanes of at least 4 members (excludes halogenated alkanes) is 3. The van der Waals surface area contributed by atoms with Gasteiger partial charge in [0.1, 0.15) is 0 Å². The molecule has 0 amide bonds. The van der Waals surface area contributed by atoms with Gasteiger partial charge in [0.25, 0.3) is 0 Å². The van der Waals surface area contributed by atoms with Gasteiger partial charge in [-0.15, -0.1) is 0 Å². The Labute approximate surface area is 147 Å². The van der Waals surface area contributed by atoms with Crippen LogP contribution >= 0.6 is 35.4 Å². The van der Waals surface area contributed by atoms with Crippen LogP contribution in [0.4, 0.5) is 0 Å². The van der Waals surface area contributed by atoms with Crippen LogP contribution in [0.5, 0.6) is 0 Å². The van der Waals surface area contributed by atoms with Crippen LogP contribution in [-0.2, 0) is 0 Å². The van der Waals surface area contributed by atoms with Crippen molar-refractivity contribution in [2.24, 2.45) is 10.8 Å². The van der Waals surface area contributed by atoms with E-state index in [-0.39, 0.29) is 5.11 Å². The van der Waals surface area contributed by atoms with Gasteiger partial charge in [0.05, 0.1) is 15.8 Å². The van der Waals surface area contributed by atoms with Crippen molar-refractivity contribution < 1.29 is 0 Å². The summed E-state index contributed by atoms with van der Waals surface area (Å²) in [4.78, 5) is 0. The fourth-order valence-electron chi connectivity index (χ4n) is 1.84. The number of thiocarbonyl (C=S) groups is 1. The summed E-state index contributed by atoms with van der Waals surface area (Å²) in [7, 11) is 0. The van der Waals surface area contributed by atoms with E-state index in [1.54, 1.807) is 6.07 Å². The van der Waals surface area contributed by atoms with Gasteiger partial charge in [-0.3, -0.25) is 5.43 Å². The van der Waals surface area contributed by atoms with Crippen LogP contribution in [0.25, 0.3) is 6.08 Å². The lowest BCUT2D eigenvalue weighted by Crippen LogP contribution is -2.25. The number of benzene rings is 1. The Morgan fingerprint density at radius 3 is 2.68 bits per heavy atom. The first-order valence-electron chi connectivity index (χ1n) is 7.28. The summed E-state index contributed by atoms with van der Waals surface area (Å²) in [5, 5.41) is 5.47. The smallest absolute Gasteiger partial charge is 0.184 e. The maximum atomic E-state index is 6.01. The third-order valence-electron chi connectivity index (χ3n) is 3.01. The summed E-state index contributed by atoms with van der Waals surface area (Å²) in [5.74, 6) is 0. The first kappa shape index (κ1) is 18.9. The van der Waals surface area contributed by atoms with Crippen molar-refractivity contribution >= 4 is 52.3 Å². The Bertz CT molecular complexity index is 556. The molecule has 0 heterocycles. The summed E-state index contributed by atoms with van der Waals surface area (Å²) in [6, 6.07) is 5.49. The zero-order valence-corrected chi connectivity index (χ0v) is 14.9. The van der Waals surface area contributed by atoms with Gasteiger partial charge in [-0.25, -0.2) is 0 Å². The van der Waals surface area contributed by atoms with Crippen molar-refractivity contribution in [1.82, 2.24) is 5.43 Å². The summed E-state index contributed by atoms with van der Waals surface area (Å²) < 4.78 is 0. The van der Waals surface area contributed by atoms with Crippen molar-refractivity contribution in [2.45, 2.75) is 39.0 Å². The number of halogens is 2. The second-order valence-electron chi connectivity index (χ2n) is 4.90. The average Bonchev–Trinajstić information content (AvgIpc) is 2.48. The van der Waals surface area contributed by atoms with Crippen molar-refractivity contribution in [1.29, 1.82) is 0 Å². The molecule has 0 aliphatic carbocycles. The number of rotatable bonds is 8. The molecule has 3 nitrogen and oxygen atoms in total. The number of allylic oxidation sites excluding steroid dienone is 1. The van der Waals surface area contributed by atoms with Crippen molar-refractivity contribution in [3.63, 3.8) is 0 Å². The predicted octanol–water partition coefficient (Wildman–Crippen LogP) is 5.17. The first-order chi connectivity index (χ1) is 10.5. The maximum absolute atomic E-state index is 6.01. The van der Waals surface area contributed by atoms with Gasteiger partial charge >= 0.3 is 0 Å². The molecule has 1 aromatic rings. The van der Waals surface area contributed by atoms with Gasteiger partial charge in [0.2, 0.25) is 0 Å². The van der Waals surface area contributed by atoms with E-state index in [1.807, 2.05) is 24.3 Å². The van der Waals surface area contributed by atoms with Crippen LogP contribution in [-0.4, -0.2) is 10.8 Å². The molecule has 0 fully saturated rings. The number of hydrogen-bond acceptors (Lipinski definition) is 2. The van der Waals surface area contributed by atoms with E-state index < -0.39 is 0 Å². The highest BCUT2D eigenvalue weighted by Crippen LogP contribution is 2.23. The highest BCUT2D eigenvalue weighted by Gasteiger charge is 1.99. The van der Waals surface area contributed by atoms with E-state index in [2.05, 4.69) is 17.5 Å². The Morgan fingerprint density at radius 2 is 2.05 bits per heavy atom. The summed E-state index contributed by atoms with van der Waals surface area (Å²) in [6.45, 7) is 2.19. The Morgan fingerprint density at radius 1 is 1.27 bits per heavy atom. The molecular formula is C16H21Cl2N3S. The van der Waals surface area contributed by atoms with Crippen molar-refractivity contribution in [2.75, 3.05) is 0 Å². The predicted molar refractivity (Wildman–Crippen MR) is 102 cm³/mol. The minimum absolute atomic E-state index is 0.161. The molecule has 120 valence electrons. The fraction of sp³-hybridized carbons (Fsp3) is 0.375. The third kappa shape index (κ3) is 7.78. The lowest BCUT2D eigenvalue weighted by atomic mass is 10.1. The number of nitrogens with zero attached hydrogens (tertiary/aromatic N) is 1. The molecular weight excluding hydrogens is 337 g/mol. The Hall–Kier alpha value is -1.10. The maximum Gasteiger partial charge on any atom is 0.184 e. The number of hydrazone groups is 1. The van der Waals surface area contributed by atoms with Crippen LogP contribution in [0.15, 0.2) is 29.4 Å². The lowest BCUT2D eigenvalue weighted by Gasteiger charge is -2.03. The lowest BCUT2D eigenvalue weighted by molar-refractivity contribution is 0.682. The molecule has 22 heavy (non-hydrogen) atoms. The molecule has 0 unspecified atom stereocenters. The van der Waals surface area contributed by atoms with E-state index in [9.17, 15) is 0 Å². The molecule has 0 atom stereocenters. The van der Waals surface area contributed by atoms with Crippen LogP contribution in [0.3, 0.4) is 0 Å². The van der Waals surface area contributed by atoms with E-state index in [1.165, 1.54) is 19.3 Å². The molecule has 0 aromatic heterocycles. The molecule has 0 saturated heterocycles. The van der Waals surface area contributed by atoms with E-state index in [4.69, 9.17) is 41.2 Å². The largest absolute Gasteiger partial charge is 0.375 e. The standard InChI is InChI=1S/C16H21Cl2N3S/c1-2-3-4-5-6-13(20-21-16(19)22)9-7-12-8-10-14(17)15(18)11-12/h7-11H,2-6H2,1H3,(H3,19,21,22)/b9-7-,20-13+. The van der Waals surface area contributed by atoms with Gasteiger partial charge in [-0.1, -0.05) is 61.5 Å². The van der Waals surface area contributed by atoms with Crippen LogP contribution in [0, 0.1) is 0 Å². The third-order valence-corrected chi connectivity index (χ3v) is 3.84. The molecule has 1 aromatic carbocycles. The Kier molecular flexibility index (Phi) is 9.13. The topological polar surface area (TPSA) is 50.4 Å².